The summed E-state index contributed by atoms with van der Waals surface area (Å²) >= 11 is 0. The number of carboxylic acids is 1. The second-order valence-corrected chi connectivity index (χ2v) is 4.36. The summed E-state index contributed by atoms with van der Waals surface area (Å²) in [6, 6.07) is 1.71. The van der Waals surface area contributed by atoms with Crippen molar-refractivity contribution in [1.82, 2.24) is 4.90 Å². The third-order valence-electron chi connectivity index (χ3n) is 2.91. The Morgan fingerprint density at radius 2 is 2.44 bits per heavy atom. The topological polar surface area (TPSA) is 64.3 Å². The van der Waals surface area contributed by atoms with Gasteiger partial charge in [0.25, 0.3) is 0 Å². The second-order valence-electron chi connectivity index (χ2n) is 4.36. The summed E-state index contributed by atoms with van der Waals surface area (Å²) in [5.74, 6) is -0.597. The fourth-order valence-corrected chi connectivity index (χ4v) is 2.20. The lowest BCUT2D eigenvalue weighted by Gasteiger charge is -2.21. The summed E-state index contributed by atoms with van der Waals surface area (Å²) < 4.78 is 0. The van der Waals surface area contributed by atoms with Gasteiger partial charge in [-0.1, -0.05) is 12.2 Å². The Balaban J connectivity index is 2.66. The molecule has 0 saturated carbocycles. The van der Waals surface area contributed by atoms with Gasteiger partial charge in [0.15, 0.2) is 0 Å². The maximum atomic E-state index is 11.1. The van der Waals surface area contributed by atoms with Crippen LogP contribution in [0, 0.1) is 23.2 Å². The van der Waals surface area contributed by atoms with Gasteiger partial charge < -0.3 is 5.11 Å². The first kappa shape index (κ1) is 12.7. The van der Waals surface area contributed by atoms with E-state index in [-0.39, 0.29) is 5.92 Å². The molecule has 1 fully saturated rings. The minimum Gasteiger partial charge on any atom is -0.480 e. The number of hydrogen-bond acceptors (Lipinski definition) is 3. The molecule has 0 aliphatic carbocycles. The van der Waals surface area contributed by atoms with Crippen LogP contribution in [0.2, 0.25) is 0 Å². The van der Waals surface area contributed by atoms with Crippen LogP contribution in [0.15, 0.2) is 12.2 Å². The second kappa shape index (κ2) is 5.66. The zero-order chi connectivity index (χ0) is 12.1. The van der Waals surface area contributed by atoms with Crippen molar-refractivity contribution < 1.29 is 9.90 Å². The monoisotopic (exact) mass is 222 g/mol. The van der Waals surface area contributed by atoms with E-state index in [0.29, 0.717) is 18.9 Å². The van der Waals surface area contributed by atoms with Crippen LogP contribution >= 0.6 is 0 Å². The number of carbonyl (C=O) groups is 1. The lowest BCUT2D eigenvalue weighted by atomic mass is 10.1. The molecule has 0 radical (unpaired) electrons. The lowest BCUT2D eigenvalue weighted by Crippen LogP contribution is -2.38. The van der Waals surface area contributed by atoms with E-state index < -0.39 is 12.0 Å². The molecule has 88 valence electrons. The molecule has 1 saturated heterocycles. The van der Waals surface area contributed by atoms with E-state index in [2.05, 4.69) is 6.07 Å². The standard InChI is InChI=1S/C12H18N2O2/c1-3-4-10-5-11(12(15)16)14(8-10)7-9(2)6-13/h3-4,9-11H,5,7-8H2,1-2H3,(H,15,16)/t9?,10-,11-/m1/s1. The van der Waals surface area contributed by atoms with Crippen LogP contribution in [0.1, 0.15) is 20.3 Å². The quantitative estimate of drug-likeness (QED) is 0.732. The fraction of sp³-hybridized carbons (Fsp3) is 0.667. The summed E-state index contributed by atoms with van der Waals surface area (Å²) in [5.41, 5.74) is 0. The Hall–Kier alpha value is -1.34. The van der Waals surface area contributed by atoms with Gasteiger partial charge in [0.2, 0.25) is 0 Å². The number of aliphatic carboxylic acids is 1. The van der Waals surface area contributed by atoms with E-state index in [4.69, 9.17) is 10.4 Å². The van der Waals surface area contributed by atoms with Crippen LogP contribution < -0.4 is 0 Å². The molecule has 1 N–H and O–H groups in total. The van der Waals surface area contributed by atoms with Gasteiger partial charge in [0.1, 0.15) is 6.04 Å². The Kier molecular flexibility index (Phi) is 4.51. The average molecular weight is 222 g/mol. The summed E-state index contributed by atoms with van der Waals surface area (Å²) in [6.45, 7) is 5.05. The van der Waals surface area contributed by atoms with Crippen molar-refractivity contribution >= 4 is 5.97 Å². The number of carboxylic acid groups (broad SMARTS) is 1. The van der Waals surface area contributed by atoms with Gasteiger partial charge in [-0.25, -0.2) is 0 Å². The van der Waals surface area contributed by atoms with Crippen molar-refractivity contribution in [3.8, 4) is 6.07 Å². The first-order chi connectivity index (χ1) is 7.58. The van der Waals surface area contributed by atoms with Gasteiger partial charge in [0.05, 0.1) is 12.0 Å². The van der Waals surface area contributed by atoms with E-state index >= 15 is 0 Å². The molecule has 1 rings (SSSR count). The van der Waals surface area contributed by atoms with Crippen molar-refractivity contribution in [1.29, 1.82) is 5.26 Å². The average Bonchev–Trinajstić information content (AvgIpc) is 2.61. The molecule has 1 aliphatic rings. The molecule has 0 aromatic heterocycles. The van der Waals surface area contributed by atoms with E-state index in [0.717, 1.165) is 6.54 Å². The summed E-state index contributed by atoms with van der Waals surface area (Å²) in [6.07, 6.45) is 4.66. The molecule has 4 heteroatoms. The maximum Gasteiger partial charge on any atom is 0.320 e. The highest BCUT2D eigenvalue weighted by atomic mass is 16.4. The van der Waals surface area contributed by atoms with Crippen molar-refractivity contribution in [3.63, 3.8) is 0 Å². The van der Waals surface area contributed by atoms with Gasteiger partial charge in [-0.3, -0.25) is 9.69 Å². The zero-order valence-corrected chi connectivity index (χ0v) is 9.76. The summed E-state index contributed by atoms with van der Waals surface area (Å²) in [5, 5.41) is 17.9. The maximum absolute atomic E-state index is 11.1. The molecule has 0 amide bonds. The minimum absolute atomic E-state index is 0.119. The highest BCUT2D eigenvalue weighted by Gasteiger charge is 2.35. The molecule has 1 heterocycles. The van der Waals surface area contributed by atoms with Crippen LogP contribution in [0.5, 0.6) is 0 Å². The Bertz CT molecular complexity index is 319. The first-order valence-corrected chi connectivity index (χ1v) is 5.57. The van der Waals surface area contributed by atoms with Crippen molar-refractivity contribution in [2.75, 3.05) is 13.1 Å². The molecule has 3 atom stereocenters. The SMILES string of the molecule is CC=C[C@@H]1C[C@H](C(=O)O)N(CC(C)C#N)C1. The number of allylic oxidation sites excluding steroid dienone is 1. The molecule has 0 spiro atoms. The van der Waals surface area contributed by atoms with E-state index in [9.17, 15) is 4.79 Å². The predicted octanol–water partition coefficient (Wildman–Crippen LogP) is 1.50. The van der Waals surface area contributed by atoms with Crippen LogP contribution in [0.4, 0.5) is 0 Å². The zero-order valence-electron chi connectivity index (χ0n) is 9.76. The van der Waals surface area contributed by atoms with Gasteiger partial charge in [-0.15, -0.1) is 0 Å². The third kappa shape index (κ3) is 3.07. The number of likely N-dealkylation sites (tertiary alicyclic amines) is 1. The fourth-order valence-electron chi connectivity index (χ4n) is 2.20. The number of nitriles is 1. The number of hydrogen-bond donors (Lipinski definition) is 1. The molecule has 16 heavy (non-hydrogen) atoms. The smallest absolute Gasteiger partial charge is 0.320 e. The van der Waals surface area contributed by atoms with Crippen LogP contribution in [-0.4, -0.2) is 35.1 Å². The van der Waals surface area contributed by atoms with E-state index in [1.807, 2.05) is 30.9 Å². The van der Waals surface area contributed by atoms with Crippen LogP contribution in [0.3, 0.4) is 0 Å². The van der Waals surface area contributed by atoms with Crippen molar-refractivity contribution in [3.05, 3.63) is 12.2 Å². The normalized spacial score (nSPS) is 28.1. The molecule has 0 bridgehead atoms. The Labute approximate surface area is 96.2 Å². The molecular weight excluding hydrogens is 204 g/mol. The van der Waals surface area contributed by atoms with Crippen molar-refractivity contribution in [2.24, 2.45) is 11.8 Å². The molecule has 0 aromatic carbocycles. The first-order valence-electron chi connectivity index (χ1n) is 5.57. The molecule has 4 nitrogen and oxygen atoms in total. The van der Waals surface area contributed by atoms with Crippen molar-refractivity contribution in [2.45, 2.75) is 26.3 Å². The van der Waals surface area contributed by atoms with E-state index in [1.165, 1.54) is 0 Å². The lowest BCUT2D eigenvalue weighted by molar-refractivity contribution is -0.142. The van der Waals surface area contributed by atoms with Gasteiger partial charge in [-0.2, -0.15) is 5.26 Å². The van der Waals surface area contributed by atoms with Crippen LogP contribution in [-0.2, 0) is 4.79 Å². The van der Waals surface area contributed by atoms with Gasteiger partial charge in [0, 0.05) is 13.1 Å². The van der Waals surface area contributed by atoms with Gasteiger partial charge in [-0.05, 0) is 26.2 Å². The molecule has 1 aliphatic heterocycles. The number of nitrogens with zero attached hydrogens (tertiary/aromatic N) is 2. The van der Waals surface area contributed by atoms with E-state index in [1.54, 1.807) is 0 Å². The third-order valence-corrected chi connectivity index (χ3v) is 2.91. The largest absolute Gasteiger partial charge is 0.480 e. The molecule has 1 unspecified atom stereocenters. The minimum atomic E-state index is -0.780. The molecular formula is C12H18N2O2. The summed E-state index contributed by atoms with van der Waals surface area (Å²) in [7, 11) is 0. The Morgan fingerprint density at radius 3 is 2.94 bits per heavy atom. The predicted molar refractivity (Wildman–Crippen MR) is 60.7 cm³/mol. The van der Waals surface area contributed by atoms with Gasteiger partial charge >= 0.3 is 5.97 Å². The molecule has 0 aromatic rings. The van der Waals surface area contributed by atoms with Crippen LogP contribution in [0.25, 0.3) is 0 Å². The summed E-state index contributed by atoms with van der Waals surface area (Å²) in [4.78, 5) is 13.0. The highest BCUT2D eigenvalue weighted by molar-refractivity contribution is 5.74. The Morgan fingerprint density at radius 1 is 1.75 bits per heavy atom. The number of rotatable bonds is 4. The highest BCUT2D eigenvalue weighted by Crippen LogP contribution is 2.25.